The van der Waals surface area contributed by atoms with Crippen molar-refractivity contribution >= 4 is 0 Å². The summed E-state index contributed by atoms with van der Waals surface area (Å²) in [6.45, 7) is 18.2. The molecule has 0 saturated heterocycles. The highest BCUT2D eigenvalue weighted by Gasteiger charge is 2.42. The van der Waals surface area contributed by atoms with Gasteiger partial charge in [0.15, 0.2) is 0 Å². The van der Waals surface area contributed by atoms with Crippen molar-refractivity contribution in [3.05, 3.63) is 57.6 Å². The lowest BCUT2D eigenvalue weighted by molar-refractivity contribution is -0.228. The first kappa shape index (κ1) is 28.0. The first-order valence-corrected chi connectivity index (χ1v) is 14.9. The Morgan fingerprint density at radius 3 is 1.32 bits per heavy atom. The highest BCUT2D eigenvalue weighted by atomic mass is 16.8. The zero-order chi connectivity index (χ0) is 26.8. The smallest absolute Gasteiger partial charge is 0.233 e. The zero-order valence-electron chi connectivity index (χ0n) is 24.8. The minimum Gasteiger partial charge on any atom is -0.459 e. The van der Waals surface area contributed by atoms with E-state index in [-0.39, 0.29) is 10.8 Å². The van der Waals surface area contributed by atoms with Gasteiger partial charge < -0.3 is 9.47 Å². The number of aryl methyl sites for hydroxylation is 2. The van der Waals surface area contributed by atoms with E-state index < -0.39 is 12.6 Å². The normalized spacial score (nSPS) is 18.6. The summed E-state index contributed by atoms with van der Waals surface area (Å²) in [6, 6.07) is 9.30. The molecule has 37 heavy (non-hydrogen) atoms. The standard InChI is InChI=1S/C34H50O3/c1-9-11-13-15-17-23-19-25-29(27(21-23)33(3,4)5)35-32-26-20-24(18-16-14-12-10-2)22-28(34(6,7)8)30(26)36-31(25)37-32/h19-22,31-32H,9-18H2,1-8H3. The van der Waals surface area contributed by atoms with Crippen LogP contribution >= 0.6 is 0 Å². The fourth-order valence-electron chi connectivity index (χ4n) is 5.61. The third kappa shape index (κ3) is 6.36. The van der Waals surface area contributed by atoms with Crippen LogP contribution in [-0.2, 0) is 28.4 Å². The highest BCUT2D eigenvalue weighted by molar-refractivity contribution is 5.55. The molecule has 2 aliphatic rings. The minimum absolute atomic E-state index is 0.0321. The molecule has 0 N–H and O–H groups in total. The van der Waals surface area contributed by atoms with Crippen LogP contribution < -0.4 is 9.47 Å². The fraction of sp³-hybridized carbons (Fsp3) is 0.647. The van der Waals surface area contributed by atoms with Gasteiger partial charge in [0.2, 0.25) is 12.6 Å². The maximum atomic E-state index is 6.75. The van der Waals surface area contributed by atoms with E-state index in [1.165, 1.54) is 73.6 Å². The summed E-state index contributed by atoms with van der Waals surface area (Å²) in [5.74, 6) is 1.92. The van der Waals surface area contributed by atoms with E-state index in [0.29, 0.717) is 0 Å². The summed E-state index contributed by atoms with van der Waals surface area (Å²) in [6.07, 6.45) is 11.4. The molecule has 2 aliphatic heterocycles. The molecule has 0 radical (unpaired) electrons. The van der Waals surface area contributed by atoms with E-state index in [9.17, 15) is 0 Å². The van der Waals surface area contributed by atoms with Gasteiger partial charge in [-0.2, -0.15) is 0 Å². The van der Waals surface area contributed by atoms with Crippen LogP contribution in [0.15, 0.2) is 24.3 Å². The molecule has 2 atom stereocenters. The number of hydrogen-bond donors (Lipinski definition) is 0. The Kier molecular flexibility index (Phi) is 8.63. The van der Waals surface area contributed by atoms with Gasteiger partial charge >= 0.3 is 0 Å². The lowest BCUT2D eigenvalue weighted by atomic mass is 9.81. The lowest BCUT2D eigenvalue weighted by Crippen LogP contribution is -2.33. The van der Waals surface area contributed by atoms with Crippen LogP contribution in [0.5, 0.6) is 11.5 Å². The van der Waals surface area contributed by atoms with Gasteiger partial charge in [-0.1, -0.05) is 106 Å². The molecule has 2 bridgehead atoms. The van der Waals surface area contributed by atoms with Gasteiger partial charge in [0.05, 0.1) is 11.1 Å². The van der Waals surface area contributed by atoms with Crippen molar-refractivity contribution in [3.8, 4) is 11.5 Å². The summed E-state index contributed by atoms with van der Waals surface area (Å²) >= 11 is 0. The number of rotatable bonds is 10. The molecule has 4 rings (SSSR count). The number of benzene rings is 2. The van der Waals surface area contributed by atoms with Gasteiger partial charge in [0.1, 0.15) is 11.5 Å². The van der Waals surface area contributed by atoms with Crippen LogP contribution in [0.25, 0.3) is 0 Å². The molecular formula is C34H50O3. The third-order valence-corrected chi connectivity index (χ3v) is 7.81. The van der Waals surface area contributed by atoms with Crippen LogP contribution in [0, 0.1) is 0 Å². The minimum atomic E-state index is -0.436. The average Bonchev–Trinajstić information content (AvgIpc) is 2.83. The maximum Gasteiger partial charge on any atom is 0.233 e. The van der Waals surface area contributed by atoms with E-state index in [2.05, 4.69) is 79.7 Å². The van der Waals surface area contributed by atoms with Crippen LogP contribution in [0.3, 0.4) is 0 Å². The van der Waals surface area contributed by atoms with Crippen molar-refractivity contribution < 1.29 is 14.2 Å². The first-order valence-electron chi connectivity index (χ1n) is 14.9. The summed E-state index contributed by atoms with van der Waals surface area (Å²) < 4.78 is 20.0. The van der Waals surface area contributed by atoms with E-state index in [1.54, 1.807) is 0 Å². The van der Waals surface area contributed by atoms with Gasteiger partial charge in [-0.25, -0.2) is 0 Å². The summed E-state index contributed by atoms with van der Waals surface area (Å²) in [5.41, 5.74) is 7.26. The number of hydrogen-bond acceptors (Lipinski definition) is 3. The van der Waals surface area contributed by atoms with Gasteiger partial charge in [-0.3, -0.25) is 4.74 Å². The van der Waals surface area contributed by atoms with E-state index >= 15 is 0 Å². The quantitative estimate of drug-likeness (QED) is 0.300. The molecule has 0 amide bonds. The van der Waals surface area contributed by atoms with Crippen molar-refractivity contribution in [1.29, 1.82) is 0 Å². The van der Waals surface area contributed by atoms with Crippen molar-refractivity contribution in [2.24, 2.45) is 0 Å². The van der Waals surface area contributed by atoms with Gasteiger partial charge in [0, 0.05) is 11.1 Å². The largest absolute Gasteiger partial charge is 0.459 e. The molecule has 0 saturated carbocycles. The first-order chi connectivity index (χ1) is 17.5. The SMILES string of the molecule is CCCCCCc1cc2c(c(C(C)(C)C)c1)OC1OC2Oc2c1cc(CCCCCC)cc2C(C)(C)C. The van der Waals surface area contributed by atoms with Crippen molar-refractivity contribution in [2.45, 2.75) is 143 Å². The number of fused-ring (bicyclic) bond motifs is 6. The molecular weight excluding hydrogens is 456 g/mol. The van der Waals surface area contributed by atoms with Crippen molar-refractivity contribution in [1.82, 2.24) is 0 Å². The van der Waals surface area contributed by atoms with Gasteiger partial charge in [-0.05, 0) is 59.8 Å². The Hall–Kier alpha value is -2.00. The molecule has 0 spiro atoms. The molecule has 0 aromatic heterocycles. The Balaban J connectivity index is 1.72. The van der Waals surface area contributed by atoms with Crippen LogP contribution in [0.2, 0.25) is 0 Å². The second-order valence-electron chi connectivity index (χ2n) is 13.3. The topological polar surface area (TPSA) is 27.7 Å². The van der Waals surface area contributed by atoms with Crippen LogP contribution in [0.1, 0.15) is 153 Å². The second-order valence-corrected chi connectivity index (χ2v) is 13.3. The molecule has 3 heteroatoms. The lowest BCUT2D eigenvalue weighted by Gasteiger charge is -2.42. The number of unbranched alkanes of at least 4 members (excludes halogenated alkanes) is 6. The molecule has 3 nitrogen and oxygen atoms in total. The third-order valence-electron chi connectivity index (χ3n) is 7.81. The van der Waals surface area contributed by atoms with E-state index in [0.717, 1.165) is 35.5 Å². The monoisotopic (exact) mass is 506 g/mol. The predicted molar refractivity (Wildman–Crippen MR) is 154 cm³/mol. The number of ether oxygens (including phenoxy) is 3. The van der Waals surface area contributed by atoms with Crippen LogP contribution in [-0.4, -0.2) is 0 Å². The van der Waals surface area contributed by atoms with E-state index in [4.69, 9.17) is 14.2 Å². The Bertz CT molecular complexity index is 984. The summed E-state index contributed by atoms with van der Waals surface area (Å²) in [4.78, 5) is 0. The van der Waals surface area contributed by atoms with Crippen molar-refractivity contribution in [3.63, 3.8) is 0 Å². The Morgan fingerprint density at radius 2 is 0.973 bits per heavy atom. The highest BCUT2D eigenvalue weighted by Crippen LogP contribution is 2.53. The fourth-order valence-corrected chi connectivity index (χ4v) is 5.61. The van der Waals surface area contributed by atoms with Gasteiger partial charge in [-0.15, -0.1) is 0 Å². The predicted octanol–water partition coefficient (Wildman–Crippen LogP) is 10.0. The molecule has 0 aliphatic carbocycles. The Labute approximate surface area is 226 Å². The van der Waals surface area contributed by atoms with E-state index in [1.807, 2.05) is 0 Å². The van der Waals surface area contributed by atoms with Gasteiger partial charge in [0.25, 0.3) is 0 Å². The molecule has 2 aromatic rings. The maximum absolute atomic E-state index is 6.75. The molecule has 2 unspecified atom stereocenters. The summed E-state index contributed by atoms with van der Waals surface area (Å²) in [7, 11) is 0. The summed E-state index contributed by atoms with van der Waals surface area (Å²) in [5, 5.41) is 0. The molecule has 0 fully saturated rings. The molecule has 2 heterocycles. The molecule has 2 aromatic carbocycles. The average molecular weight is 507 g/mol. The Morgan fingerprint density at radius 1 is 0.568 bits per heavy atom. The van der Waals surface area contributed by atoms with Crippen LogP contribution in [0.4, 0.5) is 0 Å². The van der Waals surface area contributed by atoms with Crippen molar-refractivity contribution in [2.75, 3.05) is 0 Å². The molecule has 204 valence electrons. The zero-order valence-corrected chi connectivity index (χ0v) is 24.8. The second kappa shape index (κ2) is 11.4.